The third kappa shape index (κ3) is 5.24. The van der Waals surface area contributed by atoms with Crippen LogP contribution in [0.2, 0.25) is 0 Å². The monoisotopic (exact) mass is 437 g/mol. The lowest BCUT2D eigenvalue weighted by molar-refractivity contribution is -0.161. The average Bonchev–Trinajstić information content (AvgIpc) is 2.83. The Hall–Kier alpha value is -2.17. The van der Waals surface area contributed by atoms with Crippen LogP contribution in [0.3, 0.4) is 0 Å². The highest BCUT2D eigenvalue weighted by Crippen LogP contribution is 2.46. The Morgan fingerprint density at radius 1 is 1.00 bits per heavy atom. The molecule has 174 valence electrons. The van der Waals surface area contributed by atoms with E-state index in [1.807, 2.05) is 24.3 Å². The molecule has 1 aliphatic rings. The van der Waals surface area contributed by atoms with E-state index in [9.17, 15) is 4.79 Å². The third-order valence-corrected chi connectivity index (χ3v) is 7.79. The highest BCUT2D eigenvalue weighted by Gasteiger charge is 2.52. The molecule has 4 heteroatoms. The molecule has 0 bridgehead atoms. The van der Waals surface area contributed by atoms with Crippen LogP contribution in [-0.4, -0.2) is 41.2 Å². The van der Waals surface area contributed by atoms with Crippen LogP contribution in [0.15, 0.2) is 60.7 Å². The zero-order valence-electron chi connectivity index (χ0n) is 20.3. The summed E-state index contributed by atoms with van der Waals surface area (Å²) in [6.45, 7) is 13.3. The summed E-state index contributed by atoms with van der Waals surface area (Å²) < 4.78 is 12.2. The van der Waals surface area contributed by atoms with Crippen LogP contribution in [0, 0.1) is 5.92 Å². The minimum absolute atomic E-state index is 0.0161. The second-order valence-corrected chi connectivity index (χ2v) is 9.54. The molecule has 0 saturated carbocycles. The minimum atomic E-state index is -0.254. The van der Waals surface area contributed by atoms with E-state index in [1.54, 1.807) is 12.1 Å². The predicted octanol–water partition coefficient (Wildman–Crippen LogP) is 6.11. The highest BCUT2D eigenvalue weighted by atomic mass is 16.5. The molecular weight excluding hydrogens is 398 g/mol. The largest absolute Gasteiger partial charge is 0.461 e. The number of hydrogen-bond acceptors (Lipinski definition) is 4. The number of rotatable bonds is 9. The second kappa shape index (κ2) is 10.6. The summed E-state index contributed by atoms with van der Waals surface area (Å²) in [5.41, 5.74) is 1.76. The van der Waals surface area contributed by atoms with Gasteiger partial charge in [-0.3, -0.25) is 4.90 Å². The summed E-state index contributed by atoms with van der Waals surface area (Å²) in [5, 5.41) is 0. The van der Waals surface area contributed by atoms with Crippen molar-refractivity contribution in [3.63, 3.8) is 0 Å². The van der Waals surface area contributed by atoms with E-state index in [-0.39, 0.29) is 23.2 Å². The van der Waals surface area contributed by atoms with Gasteiger partial charge in [-0.2, -0.15) is 0 Å². The normalized spacial score (nSPS) is 28.4. The van der Waals surface area contributed by atoms with E-state index in [0.717, 1.165) is 25.8 Å². The number of ether oxygens (including phenoxy) is 2. The van der Waals surface area contributed by atoms with Gasteiger partial charge >= 0.3 is 5.97 Å². The molecule has 0 N–H and O–H groups in total. The van der Waals surface area contributed by atoms with Gasteiger partial charge in [0.05, 0.1) is 18.3 Å². The lowest BCUT2D eigenvalue weighted by atomic mass is 9.68. The van der Waals surface area contributed by atoms with Crippen molar-refractivity contribution >= 4 is 5.97 Å². The Bertz CT molecular complexity index is 855. The number of carbonyl (C=O) groups is 1. The first kappa shape index (κ1) is 24.5. The van der Waals surface area contributed by atoms with Crippen LogP contribution in [0.4, 0.5) is 0 Å². The Morgan fingerprint density at radius 2 is 1.62 bits per heavy atom. The van der Waals surface area contributed by atoms with E-state index >= 15 is 0 Å². The summed E-state index contributed by atoms with van der Waals surface area (Å²) in [6, 6.07) is 19.6. The van der Waals surface area contributed by atoms with Crippen LogP contribution < -0.4 is 0 Å². The van der Waals surface area contributed by atoms with Gasteiger partial charge in [-0.1, -0.05) is 69.3 Å². The predicted molar refractivity (Wildman–Crippen MR) is 130 cm³/mol. The molecule has 32 heavy (non-hydrogen) atoms. The molecule has 3 rings (SSSR count). The van der Waals surface area contributed by atoms with Crippen LogP contribution in [-0.2, 0) is 16.1 Å². The van der Waals surface area contributed by atoms with E-state index in [4.69, 9.17) is 9.47 Å². The van der Waals surface area contributed by atoms with Crippen LogP contribution >= 0.6 is 0 Å². The maximum absolute atomic E-state index is 12.4. The second-order valence-electron chi connectivity index (χ2n) is 9.54. The van der Waals surface area contributed by atoms with Gasteiger partial charge in [0, 0.05) is 23.5 Å². The highest BCUT2D eigenvalue weighted by molar-refractivity contribution is 5.89. The fraction of sp³-hybridized carbons (Fsp3) is 0.536. The van der Waals surface area contributed by atoms with E-state index in [2.05, 4.69) is 63.8 Å². The fourth-order valence-corrected chi connectivity index (χ4v) is 5.22. The maximum Gasteiger partial charge on any atom is 0.338 e. The number of nitrogens with zero attached hydrogens (tertiary/aromatic N) is 1. The molecule has 0 amide bonds. The lowest BCUT2D eigenvalue weighted by Crippen LogP contribution is -2.68. The summed E-state index contributed by atoms with van der Waals surface area (Å²) >= 11 is 0. The van der Waals surface area contributed by atoms with Crippen molar-refractivity contribution in [2.45, 2.75) is 77.7 Å². The SMILES string of the molecule is CCC1(C)CC(OCc2ccccc2)C(C)C(C)(CC)N1CCOC(=O)c1ccccc1. The third-order valence-electron chi connectivity index (χ3n) is 7.79. The van der Waals surface area contributed by atoms with Gasteiger partial charge in [-0.15, -0.1) is 0 Å². The minimum Gasteiger partial charge on any atom is -0.461 e. The first-order valence-corrected chi connectivity index (χ1v) is 12.0. The topological polar surface area (TPSA) is 38.8 Å². The molecule has 0 radical (unpaired) electrons. The molecule has 1 aliphatic heterocycles. The number of benzene rings is 2. The molecule has 1 fully saturated rings. The van der Waals surface area contributed by atoms with Crippen LogP contribution in [0.25, 0.3) is 0 Å². The molecular formula is C28H39NO3. The first-order chi connectivity index (χ1) is 15.3. The molecule has 2 aromatic rings. The van der Waals surface area contributed by atoms with Gasteiger partial charge in [0.25, 0.3) is 0 Å². The average molecular weight is 438 g/mol. The molecule has 4 atom stereocenters. The Morgan fingerprint density at radius 3 is 2.22 bits per heavy atom. The maximum atomic E-state index is 12.4. The van der Waals surface area contributed by atoms with Crippen molar-refractivity contribution in [2.24, 2.45) is 5.92 Å². The van der Waals surface area contributed by atoms with Crippen molar-refractivity contribution < 1.29 is 14.3 Å². The Kier molecular flexibility index (Phi) is 8.13. The summed E-state index contributed by atoms with van der Waals surface area (Å²) in [4.78, 5) is 15.0. The quantitative estimate of drug-likeness (QED) is 0.444. The summed E-state index contributed by atoms with van der Waals surface area (Å²) in [7, 11) is 0. The fourth-order valence-electron chi connectivity index (χ4n) is 5.22. The number of hydrogen-bond donors (Lipinski definition) is 0. The standard InChI is InChI=1S/C28H39NO3/c1-6-27(4)20-25(32-21-23-14-10-8-11-15-23)22(3)28(5,7-2)29(27)18-19-31-26(30)24-16-12-9-13-17-24/h8-17,22,25H,6-7,18-21H2,1-5H3. The van der Waals surface area contributed by atoms with Crippen molar-refractivity contribution in [2.75, 3.05) is 13.2 Å². The lowest BCUT2D eigenvalue weighted by Gasteiger charge is -2.60. The number of carbonyl (C=O) groups excluding carboxylic acids is 1. The van der Waals surface area contributed by atoms with Gasteiger partial charge < -0.3 is 9.47 Å². The number of esters is 1. The number of likely N-dealkylation sites (tertiary alicyclic amines) is 1. The number of piperidine rings is 1. The van der Waals surface area contributed by atoms with Crippen molar-refractivity contribution in [3.8, 4) is 0 Å². The van der Waals surface area contributed by atoms with E-state index in [1.165, 1.54) is 5.56 Å². The molecule has 1 saturated heterocycles. The zero-order valence-corrected chi connectivity index (χ0v) is 20.3. The summed E-state index contributed by atoms with van der Waals surface area (Å²) in [5.74, 6) is 0.108. The van der Waals surface area contributed by atoms with Crippen LogP contribution in [0.5, 0.6) is 0 Å². The molecule has 0 aliphatic carbocycles. The van der Waals surface area contributed by atoms with Gasteiger partial charge in [-0.05, 0) is 50.8 Å². The van der Waals surface area contributed by atoms with E-state index in [0.29, 0.717) is 24.7 Å². The molecule has 4 unspecified atom stereocenters. The smallest absolute Gasteiger partial charge is 0.338 e. The molecule has 4 nitrogen and oxygen atoms in total. The molecule has 2 aromatic carbocycles. The van der Waals surface area contributed by atoms with Crippen molar-refractivity contribution in [1.82, 2.24) is 4.90 Å². The van der Waals surface area contributed by atoms with Crippen molar-refractivity contribution in [3.05, 3.63) is 71.8 Å². The summed E-state index contributed by atoms with van der Waals surface area (Å²) in [6.07, 6.45) is 3.20. The first-order valence-electron chi connectivity index (χ1n) is 12.0. The Balaban J connectivity index is 1.70. The molecule has 0 spiro atoms. The van der Waals surface area contributed by atoms with Crippen molar-refractivity contribution in [1.29, 1.82) is 0 Å². The molecule has 0 aromatic heterocycles. The van der Waals surface area contributed by atoms with Gasteiger partial charge in [0.15, 0.2) is 0 Å². The van der Waals surface area contributed by atoms with Gasteiger partial charge in [-0.25, -0.2) is 4.79 Å². The van der Waals surface area contributed by atoms with Crippen LogP contribution in [0.1, 0.15) is 69.8 Å². The zero-order chi connectivity index (χ0) is 23.2. The van der Waals surface area contributed by atoms with Gasteiger partial charge in [0.2, 0.25) is 0 Å². The van der Waals surface area contributed by atoms with E-state index < -0.39 is 0 Å². The molecule has 1 heterocycles. The Labute approximate surface area is 193 Å². The van der Waals surface area contributed by atoms with Gasteiger partial charge in [0.1, 0.15) is 6.61 Å².